The fraction of sp³-hybridized carbons (Fsp3) is 0.867. The normalized spacial score (nSPS) is 27.4. The second-order valence-electron chi connectivity index (χ2n) is 6.03. The van der Waals surface area contributed by atoms with Crippen LogP contribution in [-0.4, -0.2) is 34.8 Å². The van der Waals surface area contributed by atoms with Gasteiger partial charge >= 0.3 is 0 Å². The molecule has 1 N–H and O–H groups in total. The van der Waals surface area contributed by atoms with Crippen molar-refractivity contribution in [3.05, 3.63) is 0 Å². The van der Waals surface area contributed by atoms with Gasteiger partial charge in [0.15, 0.2) is 0 Å². The minimum atomic E-state index is -0.360. The van der Waals surface area contributed by atoms with Gasteiger partial charge in [0.2, 0.25) is 11.8 Å². The van der Waals surface area contributed by atoms with E-state index in [9.17, 15) is 9.59 Å². The minimum Gasteiger partial charge on any atom is -0.342 e. The van der Waals surface area contributed by atoms with Gasteiger partial charge in [-0.2, -0.15) is 0 Å². The first-order valence-electron chi connectivity index (χ1n) is 7.47. The van der Waals surface area contributed by atoms with Crippen LogP contribution < -0.4 is 5.32 Å². The highest BCUT2D eigenvalue weighted by Gasteiger charge is 2.43. The summed E-state index contributed by atoms with van der Waals surface area (Å²) in [4.78, 5) is 26.8. The Morgan fingerprint density at radius 1 is 1.16 bits per heavy atom. The first-order valence-corrected chi connectivity index (χ1v) is 7.47. The average molecular weight is 268 g/mol. The van der Waals surface area contributed by atoms with Crippen molar-refractivity contribution < 1.29 is 9.59 Å². The molecule has 2 amide bonds. The van der Waals surface area contributed by atoms with Crippen LogP contribution in [0.3, 0.4) is 0 Å². The highest BCUT2D eigenvalue weighted by Crippen LogP contribution is 2.24. The summed E-state index contributed by atoms with van der Waals surface area (Å²) in [7, 11) is 0. The standard InChI is InChI=1S/C15H28N2O2/c1-7-10(5)13-15(19)17(11(6)9(3)4)12(8-2)14(18)16-13/h9-13H,7-8H2,1-6H3,(H,16,18). The van der Waals surface area contributed by atoms with E-state index in [1.807, 2.05) is 32.6 Å². The summed E-state index contributed by atoms with van der Waals surface area (Å²) in [5, 5.41) is 2.91. The Morgan fingerprint density at radius 3 is 2.16 bits per heavy atom. The molecule has 0 saturated carbocycles. The predicted octanol–water partition coefficient (Wildman–Crippen LogP) is 2.18. The van der Waals surface area contributed by atoms with E-state index in [1.54, 1.807) is 0 Å². The lowest BCUT2D eigenvalue weighted by Crippen LogP contribution is -2.67. The van der Waals surface area contributed by atoms with E-state index >= 15 is 0 Å². The molecule has 0 spiro atoms. The molecule has 0 aromatic heterocycles. The molecule has 0 bridgehead atoms. The maximum atomic E-state index is 12.7. The average Bonchev–Trinajstić information content (AvgIpc) is 2.38. The number of carbonyl (C=O) groups is 2. The van der Waals surface area contributed by atoms with Gasteiger partial charge in [-0.25, -0.2) is 0 Å². The summed E-state index contributed by atoms with van der Waals surface area (Å²) < 4.78 is 0. The molecule has 1 saturated heterocycles. The number of carbonyl (C=O) groups excluding carboxylic acids is 2. The lowest BCUT2D eigenvalue weighted by molar-refractivity contribution is -0.154. The molecule has 1 fully saturated rings. The molecular weight excluding hydrogens is 240 g/mol. The Balaban J connectivity index is 3.06. The van der Waals surface area contributed by atoms with Gasteiger partial charge in [0.1, 0.15) is 12.1 Å². The molecule has 1 aliphatic heterocycles. The number of rotatable bonds is 5. The SMILES string of the molecule is CCC(C)C1NC(=O)C(CC)N(C(C)C(C)C)C1=O. The minimum absolute atomic E-state index is 0.0000926. The highest BCUT2D eigenvalue weighted by atomic mass is 16.2. The molecule has 4 nitrogen and oxygen atoms in total. The van der Waals surface area contributed by atoms with E-state index in [2.05, 4.69) is 19.2 Å². The van der Waals surface area contributed by atoms with Crippen LogP contribution in [0.5, 0.6) is 0 Å². The monoisotopic (exact) mass is 268 g/mol. The van der Waals surface area contributed by atoms with E-state index in [0.717, 1.165) is 6.42 Å². The zero-order valence-corrected chi connectivity index (χ0v) is 13.1. The molecule has 4 heteroatoms. The zero-order chi connectivity index (χ0) is 14.7. The second-order valence-corrected chi connectivity index (χ2v) is 6.03. The zero-order valence-electron chi connectivity index (χ0n) is 13.1. The molecule has 110 valence electrons. The maximum Gasteiger partial charge on any atom is 0.246 e. The van der Waals surface area contributed by atoms with Crippen molar-refractivity contribution in [1.82, 2.24) is 10.2 Å². The lowest BCUT2D eigenvalue weighted by Gasteiger charge is -2.44. The number of hydrogen-bond donors (Lipinski definition) is 1. The van der Waals surface area contributed by atoms with Crippen molar-refractivity contribution >= 4 is 11.8 Å². The number of nitrogens with one attached hydrogen (secondary N) is 1. The Bertz CT molecular complexity index is 341. The molecule has 4 unspecified atom stereocenters. The van der Waals surface area contributed by atoms with Crippen molar-refractivity contribution in [2.45, 2.75) is 72.5 Å². The van der Waals surface area contributed by atoms with E-state index in [0.29, 0.717) is 12.3 Å². The van der Waals surface area contributed by atoms with Gasteiger partial charge in [-0.15, -0.1) is 0 Å². The van der Waals surface area contributed by atoms with Crippen molar-refractivity contribution in [1.29, 1.82) is 0 Å². The third-order valence-corrected chi connectivity index (χ3v) is 4.46. The predicted molar refractivity (Wildman–Crippen MR) is 76.6 cm³/mol. The largest absolute Gasteiger partial charge is 0.342 e. The topological polar surface area (TPSA) is 49.4 Å². The van der Waals surface area contributed by atoms with Crippen LogP contribution in [0.2, 0.25) is 0 Å². The van der Waals surface area contributed by atoms with Crippen LogP contribution >= 0.6 is 0 Å². The molecular formula is C15H28N2O2. The summed E-state index contributed by atoms with van der Waals surface area (Å²) >= 11 is 0. The van der Waals surface area contributed by atoms with Crippen LogP contribution in [0.25, 0.3) is 0 Å². The van der Waals surface area contributed by atoms with Crippen LogP contribution in [0.15, 0.2) is 0 Å². The summed E-state index contributed by atoms with van der Waals surface area (Å²) in [6.07, 6.45) is 1.55. The highest BCUT2D eigenvalue weighted by molar-refractivity contribution is 5.97. The fourth-order valence-corrected chi connectivity index (χ4v) is 2.56. The molecule has 0 radical (unpaired) electrons. The van der Waals surface area contributed by atoms with Gasteiger partial charge in [0.25, 0.3) is 0 Å². The molecule has 0 aromatic rings. The van der Waals surface area contributed by atoms with Crippen LogP contribution in [0.4, 0.5) is 0 Å². The van der Waals surface area contributed by atoms with E-state index in [1.165, 1.54) is 0 Å². The van der Waals surface area contributed by atoms with Crippen molar-refractivity contribution in [2.75, 3.05) is 0 Å². The van der Waals surface area contributed by atoms with Crippen molar-refractivity contribution in [3.63, 3.8) is 0 Å². The number of hydrogen-bond acceptors (Lipinski definition) is 2. The van der Waals surface area contributed by atoms with Crippen LogP contribution in [-0.2, 0) is 9.59 Å². The third-order valence-electron chi connectivity index (χ3n) is 4.46. The Kier molecular flexibility index (Phi) is 5.39. The summed E-state index contributed by atoms with van der Waals surface area (Å²) in [5.41, 5.74) is 0. The summed E-state index contributed by atoms with van der Waals surface area (Å²) in [6.45, 7) is 12.3. The van der Waals surface area contributed by atoms with Gasteiger partial charge < -0.3 is 10.2 Å². The van der Waals surface area contributed by atoms with Gasteiger partial charge in [-0.1, -0.05) is 41.0 Å². The summed E-state index contributed by atoms with van der Waals surface area (Å²) in [6, 6.07) is -0.582. The van der Waals surface area contributed by atoms with Crippen molar-refractivity contribution in [2.24, 2.45) is 11.8 Å². The lowest BCUT2D eigenvalue weighted by atomic mass is 9.91. The Labute approximate surface area is 116 Å². The fourth-order valence-electron chi connectivity index (χ4n) is 2.56. The van der Waals surface area contributed by atoms with E-state index < -0.39 is 0 Å². The van der Waals surface area contributed by atoms with Gasteiger partial charge in [0, 0.05) is 6.04 Å². The molecule has 1 rings (SSSR count). The second kappa shape index (κ2) is 6.40. The first-order chi connectivity index (χ1) is 8.84. The number of piperazine rings is 1. The number of nitrogens with zero attached hydrogens (tertiary/aromatic N) is 1. The first kappa shape index (κ1) is 16.0. The Morgan fingerprint density at radius 2 is 1.74 bits per heavy atom. The molecule has 0 aromatic carbocycles. The van der Waals surface area contributed by atoms with Crippen molar-refractivity contribution in [3.8, 4) is 0 Å². The molecule has 4 atom stereocenters. The Hall–Kier alpha value is -1.06. The third kappa shape index (κ3) is 3.10. The summed E-state index contributed by atoms with van der Waals surface area (Å²) in [5.74, 6) is 0.611. The molecule has 1 aliphatic rings. The van der Waals surface area contributed by atoms with E-state index in [-0.39, 0.29) is 35.9 Å². The van der Waals surface area contributed by atoms with Crippen LogP contribution in [0.1, 0.15) is 54.4 Å². The molecule has 1 heterocycles. The van der Waals surface area contributed by atoms with Gasteiger partial charge in [-0.3, -0.25) is 9.59 Å². The van der Waals surface area contributed by atoms with Gasteiger partial charge in [-0.05, 0) is 25.2 Å². The number of amides is 2. The molecule has 19 heavy (non-hydrogen) atoms. The van der Waals surface area contributed by atoms with E-state index in [4.69, 9.17) is 0 Å². The maximum absolute atomic E-state index is 12.7. The quantitative estimate of drug-likeness (QED) is 0.831. The smallest absolute Gasteiger partial charge is 0.246 e. The molecule has 0 aliphatic carbocycles. The van der Waals surface area contributed by atoms with Crippen LogP contribution in [0, 0.1) is 11.8 Å². The van der Waals surface area contributed by atoms with Gasteiger partial charge in [0.05, 0.1) is 0 Å².